The maximum atomic E-state index is 5.93. The number of aromatic nitrogens is 6. The molecular weight excluding hydrogens is 320 g/mol. The van der Waals surface area contributed by atoms with E-state index in [0.29, 0.717) is 10.8 Å². The van der Waals surface area contributed by atoms with Crippen LogP contribution in [0.15, 0.2) is 30.5 Å². The molecule has 0 fully saturated rings. The molecule has 0 saturated carbocycles. The predicted octanol–water partition coefficient (Wildman–Crippen LogP) is 3.22. The Morgan fingerprint density at radius 2 is 1.91 bits per heavy atom. The first-order valence-corrected chi connectivity index (χ1v) is 7.80. The van der Waals surface area contributed by atoms with Crippen molar-refractivity contribution < 1.29 is 0 Å². The van der Waals surface area contributed by atoms with Crippen LogP contribution in [0.25, 0.3) is 26.9 Å². The molecule has 0 saturated heterocycles. The number of halogens is 1. The Bertz CT molecular complexity index is 965. The monoisotopic (exact) mass is 330 g/mol. The molecule has 0 aliphatic rings. The Balaban J connectivity index is 1.86. The van der Waals surface area contributed by atoms with Crippen molar-refractivity contribution in [2.75, 3.05) is 0 Å². The van der Waals surface area contributed by atoms with Gasteiger partial charge in [0.25, 0.3) is 0 Å². The van der Waals surface area contributed by atoms with E-state index in [4.69, 9.17) is 11.6 Å². The van der Waals surface area contributed by atoms with Crippen molar-refractivity contribution in [1.82, 2.24) is 29.6 Å². The highest BCUT2D eigenvalue weighted by molar-refractivity contribution is 7.19. The molecule has 3 heterocycles. The Morgan fingerprint density at radius 3 is 2.59 bits per heavy atom. The second-order valence-electron chi connectivity index (χ2n) is 4.90. The van der Waals surface area contributed by atoms with Gasteiger partial charge in [-0.25, -0.2) is 0 Å². The van der Waals surface area contributed by atoms with Crippen LogP contribution >= 0.6 is 22.9 Å². The smallest absolute Gasteiger partial charge is 0.235 e. The SMILES string of the molecule is Cc1c(-c2nn3c(-c4ccc(Cl)cc4)nnc3s2)cnn1C. The van der Waals surface area contributed by atoms with Crippen molar-refractivity contribution in [1.29, 1.82) is 0 Å². The van der Waals surface area contributed by atoms with Gasteiger partial charge in [-0.1, -0.05) is 22.9 Å². The van der Waals surface area contributed by atoms with Gasteiger partial charge < -0.3 is 0 Å². The van der Waals surface area contributed by atoms with Crippen LogP contribution in [0.5, 0.6) is 0 Å². The van der Waals surface area contributed by atoms with E-state index in [-0.39, 0.29) is 0 Å². The molecule has 0 aliphatic heterocycles. The molecule has 8 heteroatoms. The number of rotatable bonds is 2. The van der Waals surface area contributed by atoms with Gasteiger partial charge in [0.1, 0.15) is 0 Å². The summed E-state index contributed by atoms with van der Waals surface area (Å²) in [6.07, 6.45) is 1.82. The maximum absolute atomic E-state index is 5.93. The summed E-state index contributed by atoms with van der Waals surface area (Å²) in [6, 6.07) is 7.48. The normalized spacial score (nSPS) is 11.4. The molecule has 0 radical (unpaired) electrons. The molecule has 4 rings (SSSR count). The minimum absolute atomic E-state index is 0.689. The van der Waals surface area contributed by atoms with Gasteiger partial charge in [0, 0.05) is 23.3 Å². The Labute approximate surface area is 135 Å². The molecule has 1 aromatic carbocycles. The van der Waals surface area contributed by atoms with Crippen LogP contribution in [0.2, 0.25) is 5.02 Å². The van der Waals surface area contributed by atoms with Gasteiger partial charge in [0.05, 0.1) is 11.8 Å². The molecule has 6 nitrogen and oxygen atoms in total. The van der Waals surface area contributed by atoms with Crippen LogP contribution in [-0.2, 0) is 7.05 Å². The zero-order valence-electron chi connectivity index (χ0n) is 11.9. The highest BCUT2D eigenvalue weighted by Gasteiger charge is 2.16. The summed E-state index contributed by atoms with van der Waals surface area (Å²) in [5.74, 6) is 0.704. The minimum Gasteiger partial charge on any atom is -0.272 e. The van der Waals surface area contributed by atoms with E-state index in [9.17, 15) is 0 Å². The fourth-order valence-electron chi connectivity index (χ4n) is 2.21. The number of hydrogen-bond donors (Lipinski definition) is 0. The molecule has 22 heavy (non-hydrogen) atoms. The van der Waals surface area contributed by atoms with Gasteiger partial charge in [-0.2, -0.15) is 14.7 Å². The lowest BCUT2D eigenvalue weighted by atomic mass is 10.2. The van der Waals surface area contributed by atoms with Crippen LogP contribution in [-0.4, -0.2) is 29.6 Å². The molecule has 0 amide bonds. The lowest BCUT2D eigenvalue weighted by molar-refractivity contribution is 0.740. The highest BCUT2D eigenvalue weighted by Crippen LogP contribution is 2.29. The second-order valence-corrected chi connectivity index (χ2v) is 6.29. The van der Waals surface area contributed by atoms with Gasteiger partial charge in [-0.05, 0) is 31.2 Å². The molecule has 0 unspecified atom stereocenters. The Morgan fingerprint density at radius 1 is 1.14 bits per heavy atom. The molecule has 0 atom stereocenters. The lowest BCUT2D eigenvalue weighted by Gasteiger charge is -1.97. The number of hydrogen-bond acceptors (Lipinski definition) is 5. The van der Waals surface area contributed by atoms with Crippen molar-refractivity contribution >= 4 is 27.9 Å². The largest absolute Gasteiger partial charge is 0.272 e. The second kappa shape index (κ2) is 4.89. The molecule has 0 spiro atoms. The van der Waals surface area contributed by atoms with E-state index in [0.717, 1.165) is 26.8 Å². The van der Waals surface area contributed by atoms with Gasteiger partial charge in [-0.15, -0.1) is 10.2 Å². The fourth-order valence-corrected chi connectivity index (χ4v) is 3.24. The summed E-state index contributed by atoms with van der Waals surface area (Å²) >= 11 is 7.42. The van der Waals surface area contributed by atoms with E-state index in [2.05, 4.69) is 20.4 Å². The maximum Gasteiger partial charge on any atom is 0.235 e. The van der Waals surface area contributed by atoms with Crippen molar-refractivity contribution in [3.63, 3.8) is 0 Å². The Hall–Kier alpha value is -2.25. The van der Waals surface area contributed by atoms with Crippen molar-refractivity contribution in [3.05, 3.63) is 41.2 Å². The van der Waals surface area contributed by atoms with Gasteiger partial charge in [0.2, 0.25) is 4.96 Å². The van der Waals surface area contributed by atoms with E-state index in [1.165, 1.54) is 11.3 Å². The van der Waals surface area contributed by atoms with E-state index in [1.807, 2.05) is 49.1 Å². The number of aryl methyl sites for hydroxylation is 1. The van der Waals surface area contributed by atoms with E-state index < -0.39 is 0 Å². The van der Waals surface area contributed by atoms with E-state index in [1.54, 1.807) is 4.52 Å². The average Bonchev–Trinajstić information content (AvgIpc) is 3.16. The Kier molecular flexibility index (Phi) is 2.98. The summed E-state index contributed by atoms with van der Waals surface area (Å²) < 4.78 is 3.59. The van der Waals surface area contributed by atoms with Crippen LogP contribution in [0.3, 0.4) is 0 Å². The minimum atomic E-state index is 0.689. The zero-order valence-corrected chi connectivity index (χ0v) is 13.4. The summed E-state index contributed by atoms with van der Waals surface area (Å²) in [5.41, 5.74) is 3.01. The number of nitrogens with zero attached hydrogens (tertiary/aromatic N) is 6. The molecule has 0 aliphatic carbocycles. The molecule has 0 N–H and O–H groups in total. The molecular formula is C14H11ClN6S. The van der Waals surface area contributed by atoms with Crippen LogP contribution in [0.1, 0.15) is 5.69 Å². The third-order valence-corrected chi connectivity index (χ3v) is 4.74. The predicted molar refractivity (Wildman–Crippen MR) is 86.0 cm³/mol. The molecule has 110 valence electrons. The first kappa shape index (κ1) is 13.4. The quantitative estimate of drug-likeness (QED) is 0.566. The van der Waals surface area contributed by atoms with Gasteiger partial charge in [0.15, 0.2) is 10.8 Å². The summed E-state index contributed by atoms with van der Waals surface area (Å²) in [5, 5.41) is 18.9. The van der Waals surface area contributed by atoms with Crippen molar-refractivity contribution in [2.24, 2.45) is 7.05 Å². The van der Waals surface area contributed by atoms with Crippen LogP contribution in [0.4, 0.5) is 0 Å². The summed E-state index contributed by atoms with van der Waals surface area (Å²) in [4.78, 5) is 0.753. The number of fused-ring (bicyclic) bond motifs is 1. The molecule has 4 aromatic rings. The average molecular weight is 331 g/mol. The first-order chi connectivity index (χ1) is 10.6. The standard InChI is InChI=1S/C14H11ClN6S/c1-8-11(7-16-20(8)2)13-19-21-12(17-18-14(21)22-13)9-3-5-10(15)6-4-9/h3-7H,1-2H3. The van der Waals surface area contributed by atoms with Crippen molar-refractivity contribution in [2.45, 2.75) is 6.92 Å². The third-order valence-electron chi connectivity index (χ3n) is 3.56. The van der Waals surface area contributed by atoms with Crippen molar-refractivity contribution in [3.8, 4) is 22.0 Å². The van der Waals surface area contributed by atoms with Gasteiger partial charge >= 0.3 is 0 Å². The molecule has 0 bridgehead atoms. The third kappa shape index (κ3) is 2.01. The molecule has 3 aromatic heterocycles. The fraction of sp³-hybridized carbons (Fsp3) is 0.143. The zero-order chi connectivity index (χ0) is 15.3. The topological polar surface area (TPSA) is 60.9 Å². The summed E-state index contributed by atoms with van der Waals surface area (Å²) in [7, 11) is 1.91. The lowest BCUT2D eigenvalue weighted by Crippen LogP contribution is -1.93. The van der Waals surface area contributed by atoms with Gasteiger partial charge in [-0.3, -0.25) is 4.68 Å². The van der Waals surface area contributed by atoms with Crippen LogP contribution < -0.4 is 0 Å². The highest BCUT2D eigenvalue weighted by atomic mass is 35.5. The van der Waals surface area contributed by atoms with Crippen LogP contribution in [0, 0.1) is 6.92 Å². The van der Waals surface area contributed by atoms with E-state index >= 15 is 0 Å². The number of benzene rings is 1. The first-order valence-electron chi connectivity index (χ1n) is 6.60. The summed E-state index contributed by atoms with van der Waals surface area (Å²) in [6.45, 7) is 2.02.